The summed E-state index contributed by atoms with van der Waals surface area (Å²) in [6.07, 6.45) is 3.49. The van der Waals surface area contributed by atoms with Crippen LogP contribution in [0.25, 0.3) is 0 Å². The number of alkyl halides is 3. The lowest BCUT2D eigenvalue weighted by molar-refractivity contribution is 0.0537. The van der Waals surface area contributed by atoms with Crippen molar-refractivity contribution in [2.24, 2.45) is 0 Å². The molecule has 15 heavy (non-hydrogen) atoms. The molecule has 1 atom stereocenters. The molecular formula is C11H19Cl3O. The van der Waals surface area contributed by atoms with Gasteiger partial charge in [0.25, 0.3) is 0 Å². The van der Waals surface area contributed by atoms with Gasteiger partial charge in [-0.1, -0.05) is 60.1 Å². The predicted molar refractivity (Wildman–Crippen MR) is 69.0 cm³/mol. The normalized spacial score (nSPS) is 13.9. The summed E-state index contributed by atoms with van der Waals surface area (Å²) in [5.41, 5.74) is 0.960. The van der Waals surface area contributed by atoms with Crippen LogP contribution in [0.5, 0.6) is 0 Å². The summed E-state index contributed by atoms with van der Waals surface area (Å²) in [6, 6.07) is 0. The molecule has 0 radical (unpaired) electrons. The van der Waals surface area contributed by atoms with Crippen molar-refractivity contribution in [2.75, 3.05) is 6.61 Å². The molecule has 0 saturated carbocycles. The van der Waals surface area contributed by atoms with Crippen LogP contribution in [0.4, 0.5) is 0 Å². The molecule has 0 aromatic carbocycles. The van der Waals surface area contributed by atoms with Crippen LogP contribution in [-0.4, -0.2) is 16.5 Å². The van der Waals surface area contributed by atoms with Crippen molar-refractivity contribution in [3.63, 3.8) is 0 Å². The second-order valence-corrected chi connectivity index (χ2v) is 6.14. The smallest absolute Gasteiger partial charge is 0.216 e. The number of rotatable bonds is 7. The van der Waals surface area contributed by atoms with Crippen LogP contribution in [0, 0.1) is 0 Å². The van der Waals surface area contributed by atoms with Crippen LogP contribution in [-0.2, 0) is 4.74 Å². The maximum Gasteiger partial charge on any atom is 0.216 e. The molecule has 1 unspecified atom stereocenters. The van der Waals surface area contributed by atoms with E-state index < -0.39 is 9.90 Å². The lowest BCUT2D eigenvalue weighted by atomic mass is 10.1. The van der Waals surface area contributed by atoms with Crippen LogP contribution in [0.2, 0.25) is 0 Å². The molecule has 0 aromatic rings. The molecule has 0 heterocycles. The number of ether oxygens (including phenoxy) is 1. The first-order valence-electron chi connectivity index (χ1n) is 5.20. The minimum absolute atomic E-state index is 0.392. The van der Waals surface area contributed by atoms with Gasteiger partial charge in [-0.25, -0.2) is 0 Å². The van der Waals surface area contributed by atoms with Crippen molar-refractivity contribution in [3.8, 4) is 0 Å². The highest BCUT2D eigenvalue weighted by atomic mass is 35.6. The quantitative estimate of drug-likeness (QED) is 0.364. The Balaban J connectivity index is 3.97. The first-order chi connectivity index (χ1) is 6.88. The van der Waals surface area contributed by atoms with E-state index in [2.05, 4.69) is 13.5 Å². The summed E-state index contributed by atoms with van der Waals surface area (Å²) in [6.45, 7) is 8.48. The summed E-state index contributed by atoms with van der Waals surface area (Å²) >= 11 is 17.5. The van der Waals surface area contributed by atoms with Crippen molar-refractivity contribution in [1.82, 2.24) is 0 Å². The topological polar surface area (TPSA) is 9.23 Å². The SMILES string of the molecule is C=C(C)CC(OCCCCC)C(Cl)(Cl)Cl. The Hall–Kier alpha value is 0.570. The zero-order valence-electron chi connectivity index (χ0n) is 9.36. The molecule has 4 heteroatoms. The highest BCUT2D eigenvalue weighted by Crippen LogP contribution is 2.35. The van der Waals surface area contributed by atoms with E-state index in [1.54, 1.807) is 0 Å². The zero-order chi connectivity index (χ0) is 11.9. The lowest BCUT2D eigenvalue weighted by Gasteiger charge is -2.24. The van der Waals surface area contributed by atoms with Crippen LogP contribution >= 0.6 is 34.8 Å². The van der Waals surface area contributed by atoms with E-state index in [9.17, 15) is 0 Å². The predicted octanol–water partition coefficient (Wildman–Crippen LogP) is 4.90. The third-order valence-corrected chi connectivity index (χ3v) is 2.70. The third-order valence-electron chi connectivity index (χ3n) is 1.97. The Bertz CT molecular complexity index is 187. The standard InChI is InChI=1S/C11H19Cl3O/c1-4-5-6-7-15-10(8-9(2)3)11(12,13)14/h10H,2,4-8H2,1,3H3. The molecule has 0 aliphatic heterocycles. The van der Waals surface area contributed by atoms with E-state index in [0.29, 0.717) is 13.0 Å². The summed E-state index contributed by atoms with van der Waals surface area (Å²) < 4.78 is 4.19. The van der Waals surface area contributed by atoms with Gasteiger partial charge in [0, 0.05) is 6.61 Å². The second kappa shape index (κ2) is 7.78. The highest BCUT2D eigenvalue weighted by molar-refractivity contribution is 6.68. The van der Waals surface area contributed by atoms with Gasteiger partial charge in [-0.05, 0) is 19.8 Å². The van der Waals surface area contributed by atoms with Crippen LogP contribution in [0.1, 0.15) is 39.5 Å². The maximum atomic E-state index is 5.82. The molecule has 0 saturated heterocycles. The van der Waals surface area contributed by atoms with Gasteiger partial charge in [0.1, 0.15) is 6.10 Å². The first kappa shape index (κ1) is 15.6. The number of halogens is 3. The molecule has 0 N–H and O–H groups in total. The van der Waals surface area contributed by atoms with Gasteiger partial charge in [0.2, 0.25) is 3.79 Å². The molecular weight excluding hydrogens is 254 g/mol. The van der Waals surface area contributed by atoms with Gasteiger partial charge in [0.15, 0.2) is 0 Å². The van der Waals surface area contributed by atoms with E-state index in [1.165, 1.54) is 0 Å². The Morgan fingerprint density at radius 3 is 2.33 bits per heavy atom. The monoisotopic (exact) mass is 272 g/mol. The van der Waals surface area contributed by atoms with Gasteiger partial charge >= 0.3 is 0 Å². The van der Waals surface area contributed by atoms with Gasteiger partial charge in [-0.3, -0.25) is 0 Å². The van der Waals surface area contributed by atoms with E-state index in [0.717, 1.165) is 24.8 Å². The largest absolute Gasteiger partial charge is 0.373 e. The minimum atomic E-state index is -1.37. The summed E-state index contributed by atoms with van der Waals surface area (Å²) in [5.74, 6) is 0. The van der Waals surface area contributed by atoms with Gasteiger partial charge < -0.3 is 4.74 Å². The summed E-state index contributed by atoms with van der Waals surface area (Å²) in [7, 11) is 0. The fraction of sp³-hybridized carbons (Fsp3) is 0.818. The van der Waals surface area contributed by atoms with E-state index >= 15 is 0 Å². The second-order valence-electron chi connectivity index (χ2n) is 3.77. The number of unbranched alkanes of at least 4 members (excludes halogenated alkanes) is 2. The summed E-state index contributed by atoms with van der Waals surface area (Å²) in [5, 5.41) is 0. The van der Waals surface area contributed by atoms with Gasteiger partial charge in [-0.2, -0.15) is 0 Å². The molecule has 0 aliphatic carbocycles. The summed E-state index contributed by atoms with van der Waals surface area (Å²) in [4.78, 5) is 0. The van der Waals surface area contributed by atoms with Crippen LogP contribution in [0.15, 0.2) is 12.2 Å². The Morgan fingerprint density at radius 1 is 1.33 bits per heavy atom. The molecule has 0 spiro atoms. The first-order valence-corrected chi connectivity index (χ1v) is 6.34. The zero-order valence-corrected chi connectivity index (χ0v) is 11.6. The van der Waals surface area contributed by atoms with Crippen molar-refractivity contribution >= 4 is 34.8 Å². The third kappa shape index (κ3) is 8.38. The van der Waals surface area contributed by atoms with Crippen molar-refractivity contribution in [1.29, 1.82) is 0 Å². The van der Waals surface area contributed by atoms with Crippen molar-refractivity contribution < 1.29 is 4.74 Å². The number of hydrogen-bond acceptors (Lipinski definition) is 1. The molecule has 0 bridgehead atoms. The Morgan fingerprint density at radius 2 is 1.93 bits per heavy atom. The van der Waals surface area contributed by atoms with Crippen LogP contribution in [0.3, 0.4) is 0 Å². The number of hydrogen-bond donors (Lipinski definition) is 0. The van der Waals surface area contributed by atoms with Crippen molar-refractivity contribution in [3.05, 3.63) is 12.2 Å². The van der Waals surface area contributed by atoms with E-state index in [-0.39, 0.29) is 0 Å². The van der Waals surface area contributed by atoms with E-state index in [4.69, 9.17) is 39.5 Å². The van der Waals surface area contributed by atoms with Crippen LogP contribution < -0.4 is 0 Å². The van der Waals surface area contributed by atoms with Gasteiger partial charge in [-0.15, -0.1) is 6.58 Å². The Kier molecular flexibility index (Phi) is 8.08. The fourth-order valence-electron chi connectivity index (χ4n) is 1.16. The van der Waals surface area contributed by atoms with Crippen molar-refractivity contribution in [2.45, 2.75) is 49.4 Å². The average molecular weight is 274 g/mol. The lowest BCUT2D eigenvalue weighted by Crippen LogP contribution is -2.29. The Labute approximate surface area is 108 Å². The maximum absolute atomic E-state index is 5.82. The molecule has 0 aliphatic rings. The molecule has 0 amide bonds. The van der Waals surface area contributed by atoms with Gasteiger partial charge in [0.05, 0.1) is 0 Å². The molecule has 90 valence electrons. The molecule has 1 nitrogen and oxygen atoms in total. The molecule has 0 fully saturated rings. The highest BCUT2D eigenvalue weighted by Gasteiger charge is 2.33. The molecule has 0 rings (SSSR count). The molecule has 0 aromatic heterocycles. The fourth-order valence-corrected chi connectivity index (χ4v) is 1.58. The van der Waals surface area contributed by atoms with E-state index in [1.807, 2.05) is 6.92 Å². The minimum Gasteiger partial charge on any atom is -0.373 e. The average Bonchev–Trinajstić information content (AvgIpc) is 2.08.